The van der Waals surface area contributed by atoms with Crippen LogP contribution < -0.4 is 15.6 Å². The standard InChI is InChI=1S/C21H22Si/c1-18(2)22(19-12-6-3-7-13-19,20-14-8-4-9-15-20)21-16-10-5-11-17-21/h3-18H,1-2H3/i3D,4D,5D,6D,7D,8D,9D,10D,11D,12D,13D,14D,15D,16D,17D. The van der Waals surface area contributed by atoms with Crippen molar-refractivity contribution in [3.63, 3.8) is 0 Å². The number of rotatable bonds is 4. The van der Waals surface area contributed by atoms with Gasteiger partial charge in [0.05, 0.1) is 20.6 Å². The molecule has 3 aromatic carbocycles. The molecule has 0 nitrogen and oxygen atoms in total. The molecule has 0 aliphatic rings. The van der Waals surface area contributed by atoms with Gasteiger partial charge in [-0.15, -0.1) is 0 Å². The average Bonchev–Trinajstić information content (AvgIpc) is 2.85. The molecule has 0 saturated carbocycles. The van der Waals surface area contributed by atoms with E-state index in [4.69, 9.17) is 20.6 Å². The summed E-state index contributed by atoms with van der Waals surface area (Å²) in [7, 11) is -4.62. The lowest BCUT2D eigenvalue weighted by Crippen LogP contribution is -2.68. The molecular formula is C21H22Si. The lowest BCUT2D eigenvalue weighted by molar-refractivity contribution is 1.04. The fraction of sp³-hybridized carbons (Fsp3) is 0.143. The Hall–Kier alpha value is -2.12. The van der Waals surface area contributed by atoms with Crippen molar-refractivity contribution in [2.45, 2.75) is 19.4 Å². The summed E-state index contributed by atoms with van der Waals surface area (Å²) in [6.45, 7) is 3.04. The topological polar surface area (TPSA) is 0 Å². The molecule has 0 N–H and O–H groups in total. The average molecular weight is 318 g/mol. The van der Waals surface area contributed by atoms with E-state index in [1.807, 2.05) is 0 Å². The van der Waals surface area contributed by atoms with Crippen LogP contribution in [-0.2, 0) is 0 Å². The van der Waals surface area contributed by atoms with Crippen LogP contribution in [0.15, 0.2) is 90.6 Å². The van der Waals surface area contributed by atoms with Gasteiger partial charge in [-0.1, -0.05) is 104 Å². The van der Waals surface area contributed by atoms with Gasteiger partial charge in [-0.2, -0.15) is 0 Å². The van der Waals surface area contributed by atoms with Crippen LogP contribution in [0.5, 0.6) is 0 Å². The van der Waals surface area contributed by atoms with Gasteiger partial charge < -0.3 is 0 Å². The SMILES string of the molecule is [2H]c1c([2H])c([2H])c([Si](c2c([2H])c([2H])c([2H])c([2H])c2[2H])(c2c([2H])c([2H])c([2H])c([2H])c2[2H])C(C)C)c([2H])c1[2H]. The molecular weight excluding hydrogens is 280 g/mol. The highest BCUT2D eigenvalue weighted by Crippen LogP contribution is 2.21. The summed E-state index contributed by atoms with van der Waals surface area (Å²) in [5.74, 6) is 0. The minimum Gasteiger partial charge on any atom is -0.0642 e. The quantitative estimate of drug-likeness (QED) is 0.510. The molecule has 0 amide bonds. The van der Waals surface area contributed by atoms with E-state index >= 15 is 0 Å². The Morgan fingerprint density at radius 1 is 0.591 bits per heavy atom. The Kier molecular flexibility index (Phi) is 1.50. The van der Waals surface area contributed by atoms with Gasteiger partial charge in [-0.05, 0) is 21.1 Å². The van der Waals surface area contributed by atoms with Gasteiger partial charge in [0.25, 0.3) is 0 Å². The van der Waals surface area contributed by atoms with E-state index in [9.17, 15) is 0 Å². The molecule has 22 heavy (non-hydrogen) atoms. The van der Waals surface area contributed by atoms with Crippen LogP contribution in [0.25, 0.3) is 0 Å². The summed E-state index contributed by atoms with van der Waals surface area (Å²) in [5, 5.41) is -1.28. The first-order chi connectivity index (χ1) is 17.0. The number of benzene rings is 3. The van der Waals surface area contributed by atoms with Crippen LogP contribution >= 0.6 is 0 Å². The molecule has 3 rings (SSSR count). The molecule has 3 aromatic rings. The normalized spacial score (nSPS) is 21.1. The predicted octanol–water partition coefficient (Wildman–Crippen LogP) is 3.57. The van der Waals surface area contributed by atoms with Crippen molar-refractivity contribution >= 4 is 23.6 Å². The molecule has 0 bridgehead atoms. The maximum absolute atomic E-state index is 8.72. The summed E-state index contributed by atoms with van der Waals surface area (Å²) in [6.07, 6.45) is 0. The Morgan fingerprint density at radius 3 is 1.09 bits per heavy atom. The largest absolute Gasteiger partial charge is 0.150 e. The molecule has 0 heterocycles. The first-order valence-electron chi connectivity index (χ1n) is 14.2. The van der Waals surface area contributed by atoms with Crippen molar-refractivity contribution in [1.29, 1.82) is 0 Å². The molecule has 0 aliphatic carbocycles. The van der Waals surface area contributed by atoms with Gasteiger partial charge in [-0.25, -0.2) is 0 Å². The summed E-state index contributed by atoms with van der Waals surface area (Å²) in [5.41, 5.74) is -0.900. The van der Waals surface area contributed by atoms with Crippen molar-refractivity contribution in [2.24, 2.45) is 0 Å². The molecule has 0 spiro atoms. The second kappa shape index (κ2) is 6.33. The highest BCUT2D eigenvalue weighted by molar-refractivity contribution is 7.12. The molecule has 0 aliphatic heterocycles. The summed E-state index contributed by atoms with van der Waals surface area (Å²) >= 11 is 0. The van der Waals surface area contributed by atoms with E-state index in [1.165, 1.54) is 13.8 Å². The second-order valence-corrected chi connectivity index (χ2v) is 9.23. The summed E-state index contributed by atoms with van der Waals surface area (Å²) < 4.78 is 126. The summed E-state index contributed by atoms with van der Waals surface area (Å²) in [4.78, 5) is 0. The van der Waals surface area contributed by atoms with Crippen LogP contribution in [-0.4, -0.2) is 8.07 Å². The van der Waals surface area contributed by atoms with E-state index in [0.717, 1.165) is 0 Å². The fourth-order valence-corrected chi connectivity index (χ4v) is 6.62. The van der Waals surface area contributed by atoms with Gasteiger partial charge >= 0.3 is 0 Å². The highest BCUT2D eigenvalue weighted by Gasteiger charge is 2.41. The monoisotopic (exact) mass is 317 g/mol. The Morgan fingerprint density at radius 2 is 0.864 bits per heavy atom. The third kappa shape index (κ3) is 2.42. The van der Waals surface area contributed by atoms with Crippen LogP contribution in [0.1, 0.15) is 34.4 Å². The van der Waals surface area contributed by atoms with Crippen LogP contribution in [0.3, 0.4) is 0 Å². The third-order valence-corrected chi connectivity index (χ3v) is 8.40. The summed E-state index contributed by atoms with van der Waals surface area (Å²) in [6, 6.07) is -11.1. The van der Waals surface area contributed by atoms with Crippen molar-refractivity contribution in [2.75, 3.05) is 0 Å². The Labute approximate surface area is 155 Å². The minimum atomic E-state index is -4.62. The zero-order valence-electron chi connectivity index (χ0n) is 27.1. The number of hydrogen-bond donors (Lipinski definition) is 0. The minimum absolute atomic E-state index is 0.425. The molecule has 0 saturated heterocycles. The Bertz CT molecular complexity index is 1210. The predicted molar refractivity (Wildman–Crippen MR) is 99.1 cm³/mol. The van der Waals surface area contributed by atoms with Gasteiger partial charge in [0, 0.05) is 0 Å². The number of hydrogen-bond acceptors (Lipinski definition) is 0. The van der Waals surface area contributed by atoms with Crippen molar-refractivity contribution in [1.82, 2.24) is 0 Å². The zero-order chi connectivity index (χ0) is 28.5. The second-order valence-electron chi connectivity index (χ2n) is 4.96. The molecule has 110 valence electrons. The molecule has 0 fully saturated rings. The van der Waals surface area contributed by atoms with E-state index in [1.54, 1.807) is 0 Å². The van der Waals surface area contributed by atoms with Crippen LogP contribution in [0.2, 0.25) is 5.54 Å². The van der Waals surface area contributed by atoms with Crippen molar-refractivity contribution in [3.8, 4) is 0 Å². The van der Waals surface area contributed by atoms with Gasteiger partial charge in [0.2, 0.25) is 0 Å². The maximum Gasteiger partial charge on any atom is 0.150 e. The van der Waals surface area contributed by atoms with E-state index < -0.39 is 120 Å². The first kappa shape index (κ1) is 5.21. The molecule has 1 heteroatoms. The first-order valence-corrected chi connectivity index (χ1v) is 8.77. The van der Waals surface area contributed by atoms with E-state index in [2.05, 4.69) is 0 Å². The van der Waals surface area contributed by atoms with E-state index in [0.29, 0.717) is 0 Å². The van der Waals surface area contributed by atoms with E-state index in [-0.39, 0.29) is 0 Å². The third-order valence-electron chi connectivity index (χ3n) is 3.55. The smallest absolute Gasteiger partial charge is 0.0642 e. The molecule has 0 unspecified atom stereocenters. The van der Waals surface area contributed by atoms with Crippen LogP contribution in [0, 0.1) is 0 Å². The zero-order valence-corrected chi connectivity index (χ0v) is 13.1. The van der Waals surface area contributed by atoms with Gasteiger partial charge in [0.1, 0.15) is 0 Å². The lowest BCUT2D eigenvalue weighted by atomic mass is 10.3. The van der Waals surface area contributed by atoms with Gasteiger partial charge in [-0.3, -0.25) is 0 Å². The molecule has 0 atom stereocenters. The van der Waals surface area contributed by atoms with Crippen molar-refractivity contribution < 1.29 is 20.6 Å². The molecule has 0 aromatic heterocycles. The van der Waals surface area contributed by atoms with Crippen molar-refractivity contribution in [3.05, 3.63) is 90.6 Å². The lowest BCUT2D eigenvalue weighted by Gasteiger charge is -2.37. The van der Waals surface area contributed by atoms with Gasteiger partial charge in [0.15, 0.2) is 8.07 Å². The Balaban J connectivity index is 2.90. The van der Waals surface area contributed by atoms with Crippen LogP contribution in [0.4, 0.5) is 0 Å². The molecule has 0 radical (unpaired) electrons. The fourth-order valence-electron chi connectivity index (χ4n) is 2.58. The highest BCUT2D eigenvalue weighted by atomic mass is 28.3. The maximum atomic E-state index is 8.72.